The molecule has 4 aliphatic rings. The van der Waals surface area contributed by atoms with Crippen molar-refractivity contribution in [2.45, 2.75) is 12.8 Å². The molecule has 0 aliphatic heterocycles. The molecule has 0 aromatic rings. The molecule has 4 aliphatic carbocycles. The van der Waals surface area contributed by atoms with Gasteiger partial charge < -0.3 is 0 Å². The molecule has 36 valence electrons. The summed E-state index contributed by atoms with van der Waals surface area (Å²) in [4.78, 5) is 0. The SMILES string of the molecule is [C]1C2CC3C1C3C2. The summed E-state index contributed by atoms with van der Waals surface area (Å²) in [5.74, 6) is 4.25. The zero-order chi connectivity index (χ0) is 4.43. The van der Waals surface area contributed by atoms with E-state index in [-0.39, 0.29) is 0 Å². The van der Waals surface area contributed by atoms with Gasteiger partial charge in [0.05, 0.1) is 0 Å². The fourth-order valence-corrected chi connectivity index (χ4v) is 2.50. The summed E-state index contributed by atoms with van der Waals surface area (Å²) in [5.41, 5.74) is 0. The molecule has 0 aromatic heterocycles. The molecule has 4 saturated carbocycles. The van der Waals surface area contributed by atoms with Gasteiger partial charge in [-0.15, -0.1) is 0 Å². The van der Waals surface area contributed by atoms with Crippen LogP contribution in [0.2, 0.25) is 0 Å². The Morgan fingerprint density at radius 2 is 1.86 bits per heavy atom. The summed E-state index contributed by atoms with van der Waals surface area (Å²) in [6.45, 7) is 0. The van der Waals surface area contributed by atoms with E-state index in [2.05, 4.69) is 6.42 Å². The molecule has 2 radical (unpaired) electrons. The molecule has 2 unspecified atom stereocenters. The molecule has 2 atom stereocenters. The Kier molecular flexibility index (Phi) is 0.296. The van der Waals surface area contributed by atoms with E-state index < -0.39 is 0 Å². The Morgan fingerprint density at radius 3 is 2.00 bits per heavy atom. The van der Waals surface area contributed by atoms with E-state index in [1.165, 1.54) is 12.8 Å². The van der Waals surface area contributed by atoms with Crippen molar-refractivity contribution in [3.63, 3.8) is 0 Å². The highest BCUT2D eigenvalue weighted by Crippen LogP contribution is 2.69. The van der Waals surface area contributed by atoms with Gasteiger partial charge in [0.25, 0.3) is 0 Å². The molecule has 0 N–H and O–H groups in total. The van der Waals surface area contributed by atoms with Gasteiger partial charge in [0.15, 0.2) is 0 Å². The predicted molar refractivity (Wildman–Crippen MR) is 26.4 cm³/mol. The number of rotatable bonds is 0. The quantitative estimate of drug-likeness (QED) is 0.423. The number of hydrogen-bond donors (Lipinski definition) is 0. The van der Waals surface area contributed by atoms with Crippen molar-refractivity contribution in [1.29, 1.82) is 0 Å². The minimum Gasteiger partial charge on any atom is -0.0464 e. The van der Waals surface area contributed by atoms with Crippen LogP contribution >= 0.6 is 0 Å². The molecule has 0 heterocycles. The molecular formula is C7H8. The molecule has 0 aromatic carbocycles. The molecule has 0 heteroatoms. The van der Waals surface area contributed by atoms with Crippen molar-refractivity contribution in [2.75, 3.05) is 0 Å². The Labute approximate surface area is 43.9 Å². The zero-order valence-electron chi connectivity index (χ0n) is 4.22. The zero-order valence-corrected chi connectivity index (χ0v) is 4.22. The van der Waals surface area contributed by atoms with E-state index in [1.807, 2.05) is 0 Å². The van der Waals surface area contributed by atoms with Crippen molar-refractivity contribution >= 4 is 0 Å². The Balaban J connectivity index is 2.17. The van der Waals surface area contributed by atoms with Gasteiger partial charge in [-0.2, -0.15) is 0 Å². The summed E-state index contributed by atoms with van der Waals surface area (Å²) in [6.07, 6.45) is 6.58. The highest BCUT2D eigenvalue weighted by Gasteiger charge is 2.63. The fourth-order valence-electron chi connectivity index (χ4n) is 2.50. The lowest BCUT2D eigenvalue weighted by Gasteiger charge is -1.90. The highest BCUT2D eigenvalue weighted by molar-refractivity contribution is 5.20. The van der Waals surface area contributed by atoms with Gasteiger partial charge in [0.2, 0.25) is 0 Å². The van der Waals surface area contributed by atoms with Gasteiger partial charge in [-0.3, -0.25) is 0 Å². The van der Waals surface area contributed by atoms with Crippen molar-refractivity contribution in [2.24, 2.45) is 23.7 Å². The van der Waals surface area contributed by atoms with E-state index in [0.717, 1.165) is 23.7 Å². The van der Waals surface area contributed by atoms with Crippen molar-refractivity contribution in [1.82, 2.24) is 0 Å². The van der Waals surface area contributed by atoms with Crippen LogP contribution in [-0.2, 0) is 0 Å². The second kappa shape index (κ2) is 0.667. The molecule has 4 fully saturated rings. The molecule has 4 bridgehead atoms. The van der Waals surface area contributed by atoms with E-state index in [9.17, 15) is 0 Å². The van der Waals surface area contributed by atoms with Crippen LogP contribution in [-0.4, -0.2) is 0 Å². The standard InChI is InChI=1S/C7H8/c1-4-2-6-5(1)7(6)3-4/h4-7H,1-2H2. The van der Waals surface area contributed by atoms with Gasteiger partial charge >= 0.3 is 0 Å². The van der Waals surface area contributed by atoms with Gasteiger partial charge in [-0.05, 0) is 42.9 Å². The molecule has 0 spiro atoms. The van der Waals surface area contributed by atoms with E-state index >= 15 is 0 Å². The first-order valence-corrected chi connectivity index (χ1v) is 3.21. The average molecular weight is 92.1 g/mol. The summed E-state index contributed by atoms with van der Waals surface area (Å²) in [7, 11) is 0. The normalized spacial score (nSPS) is 72.0. The summed E-state index contributed by atoms with van der Waals surface area (Å²) in [5, 5.41) is 0. The third-order valence-electron chi connectivity index (χ3n) is 2.87. The van der Waals surface area contributed by atoms with E-state index in [1.54, 1.807) is 0 Å². The summed E-state index contributed by atoms with van der Waals surface area (Å²) in [6, 6.07) is 0. The largest absolute Gasteiger partial charge is 0.0464 e. The van der Waals surface area contributed by atoms with Crippen molar-refractivity contribution in [3.8, 4) is 0 Å². The maximum absolute atomic E-state index is 3.56. The first-order valence-electron chi connectivity index (χ1n) is 3.21. The third kappa shape index (κ3) is 0.198. The van der Waals surface area contributed by atoms with Crippen molar-refractivity contribution in [3.05, 3.63) is 6.42 Å². The second-order valence-corrected chi connectivity index (χ2v) is 3.19. The van der Waals surface area contributed by atoms with Gasteiger partial charge in [-0.25, -0.2) is 0 Å². The molecule has 0 amide bonds. The minimum atomic E-state index is 0.958. The predicted octanol–water partition coefficient (Wildman–Crippen LogP) is 1.35. The lowest BCUT2D eigenvalue weighted by Crippen LogP contribution is -1.80. The van der Waals surface area contributed by atoms with Crippen LogP contribution in [0.1, 0.15) is 12.8 Å². The Morgan fingerprint density at radius 1 is 1.14 bits per heavy atom. The summed E-state index contributed by atoms with van der Waals surface area (Å²) >= 11 is 0. The Bertz CT molecular complexity index is 87.4. The minimum absolute atomic E-state index is 0.958. The van der Waals surface area contributed by atoms with Crippen LogP contribution in [0.5, 0.6) is 0 Å². The molecule has 7 heavy (non-hydrogen) atoms. The molecule has 4 rings (SSSR count). The van der Waals surface area contributed by atoms with Crippen LogP contribution in [0.25, 0.3) is 0 Å². The van der Waals surface area contributed by atoms with Crippen LogP contribution < -0.4 is 0 Å². The van der Waals surface area contributed by atoms with Crippen LogP contribution in [0.4, 0.5) is 0 Å². The topological polar surface area (TPSA) is 0 Å². The second-order valence-electron chi connectivity index (χ2n) is 3.19. The van der Waals surface area contributed by atoms with Crippen LogP contribution in [0.3, 0.4) is 0 Å². The van der Waals surface area contributed by atoms with Gasteiger partial charge in [-0.1, -0.05) is 0 Å². The molecule has 0 saturated heterocycles. The summed E-state index contributed by atoms with van der Waals surface area (Å²) < 4.78 is 0. The monoisotopic (exact) mass is 92.1 g/mol. The van der Waals surface area contributed by atoms with Gasteiger partial charge in [0, 0.05) is 0 Å². The third-order valence-corrected chi connectivity index (χ3v) is 2.87. The molecule has 0 nitrogen and oxygen atoms in total. The average Bonchev–Trinajstić information content (AvgIpc) is 2.10. The maximum atomic E-state index is 3.56. The van der Waals surface area contributed by atoms with E-state index in [0.29, 0.717) is 0 Å². The number of hydrogen-bond acceptors (Lipinski definition) is 0. The first-order chi connectivity index (χ1) is 3.45. The molecular weight excluding hydrogens is 84.1 g/mol. The smallest absolute Gasteiger partial charge is 0.00998 e. The van der Waals surface area contributed by atoms with Crippen LogP contribution in [0.15, 0.2) is 0 Å². The highest BCUT2D eigenvalue weighted by atomic mass is 14.7. The Hall–Kier alpha value is 0. The van der Waals surface area contributed by atoms with Crippen LogP contribution in [0, 0.1) is 30.1 Å². The lowest BCUT2D eigenvalue weighted by atomic mass is 10.1. The van der Waals surface area contributed by atoms with E-state index in [4.69, 9.17) is 0 Å². The fraction of sp³-hybridized carbons (Fsp3) is 0.857. The van der Waals surface area contributed by atoms with Gasteiger partial charge in [0.1, 0.15) is 0 Å². The maximum Gasteiger partial charge on any atom is -0.00998 e. The first kappa shape index (κ1) is 3.11. The van der Waals surface area contributed by atoms with Crippen molar-refractivity contribution < 1.29 is 0 Å². The lowest BCUT2D eigenvalue weighted by molar-refractivity contribution is 0.668.